The number of furan rings is 1. The number of carbonyl (C=O) groups is 2. The molecule has 1 aromatic heterocycles. The van der Waals surface area contributed by atoms with Crippen LogP contribution in [0.3, 0.4) is 0 Å². The van der Waals surface area contributed by atoms with Crippen LogP contribution in [0.4, 0.5) is 8.78 Å². The molecule has 2 aromatic rings. The highest BCUT2D eigenvalue weighted by molar-refractivity contribution is 5.91. The Morgan fingerprint density at radius 3 is 2.72 bits per heavy atom. The summed E-state index contributed by atoms with van der Waals surface area (Å²) in [5.41, 5.74) is 0.127. The van der Waals surface area contributed by atoms with Crippen molar-refractivity contribution < 1.29 is 22.8 Å². The molecule has 2 rings (SSSR count). The Morgan fingerprint density at radius 1 is 1.28 bits per heavy atom. The van der Waals surface area contributed by atoms with Crippen molar-refractivity contribution in [2.24, 2.45) is 0 Å². The van der Waals surface area contributed by atoms with Gasteiger partial charge in [0.05, 0.1) is 12.3 Å². The van der Waals surface area contributed by atoms with Gasteiger partial charge in [-0.2, -0.15) is 0 Å². The van der Waals surface area contributed by atoms with E-state index in [4.69, 9.17) is 4.42 Å². The quantitative estimate of drug-likeness (QED) is 0.780. The Morgan fingerprint density at radius 2 is 2.04 bits per heavy atom. The number of benzene rings is 1. The number of halogens is 2. The lowest BCUT2D eigenvalue weighted by molar-refractivity contribution is -0.131. The van der Waals surface area contributed by atoms with Crippen LogP contribution in [-0.4, -0.2) is 30.3 Å². The Bertz CT molecular complexity index is 732. The molecule has 0 saturated carbocycles. The summed E-state index contributed by atoms with van der Waals surface area (Å²) in [5, 5.41) is 2.64. The molecule has 1 heterocycles. The van der Waals surface area contributed by atoms with Crippen LogP contribution in [0.15, 0.2) is 41.0 Å². The Labute approximate surface area is 144 Å². The summed E-state index contributed by atoms with van der Waals surface area (Å²) in [6.45, 7) is 1.94. The molecule has 134 valence electrons. The highest BCUT2D eigenvalue weighted by atomic mass is 19.1. The number of rotatable bonds is 7. The van der Waals surface area contributed by atoms with Crippen molar-refractivity contribution in [3.05, 3.63) is 59.6 Å². The zero-order valence-corrected chi connectivity index (χ0v) is 14.1. The van der Waals surface area contributed by atoms with E-state index in [9.17, 15) is 18.4 Å². The summed E-state index contributed by atoms with van der Waals surface area (Å²) >= 11 is 0. The molecular weight excluding hydrogens is 330 g/mol. The molecule has 0 radical (unpaired) electrons. The van der Waals surface area contributed by atoms with Crippen molar-refractivity contribution in [1.29, 1.82) is 0 Å². The molecule has 1 unspecified atom stereocenters. The molecule has 0 fully saturated rings. The molecular formula is C18H20F2N2O3. The predicted octanol–water partition coefficient (Wildman–Crippen LogP) is 3.29. The van der Waals surface area contributed by atoms with Crippen LogP contribution in [0.2, 0.25) is 0 Å². The standard InChI is InChI=1S/C18H20F2N2O3/c1-12(14-11-13(19)7-8-15(14)20)22(2)17(23)6-3-9-21-18(24)16-5-4-10-25-16/h4-5,7-8,10-12H,3,6,9H2,1-2H3,(H,21,24). The maximum absolute atomic E-state index is 13.8. The average molecular weight is 350 g/mol. The minimum absolute atomic E-state index is 0.127. The second-order valence-electron chi connectivity index (χ2n) is 5.68. The van der Waals surface area contributed by atoms with Gasteiger partial charge < -0.3 is 14.6 Å². The van der Waals surface area contributed by atoms with Gasteiger partial charge in [-0.05, 0) is 43.7 Å². The molecule has 1 atom stereocenters. The fraction of sp³-hybridized carbons (Fsp3) is 0.333. The third kappa shape index (κ3) is 4.89. The van der Waals surface area contributed by atoms with E-state index in [0.29, 0.717) is 13.0 Å². The first-order chi connectivity index (χ1) is 11.9. The van der Waals surface area contributed by atoms with E-state index in [1.807, 2.05) is 0 Å². The fourth-order valence-corrected chi connectivity index (χ4v) is 2.37. The molecule has 0 aliphatic carbocycles. The average Bonchev–Trinajstić information content (AvgIpc) is 3.13. The highest BCUT2D eigenvalue weighted by Crippen LogP contribution is 2.23. The van der Waals surface area contributed by atoms with Crippen LogP contribution < -0.4 is 5.32 Å². The lowest BCUT2D eigenvalue weighted by Gasteiger charge is -2.25. The summed E-state index contributed by atoms with van der Waals surface area (Å²) in [4.78, 5) is 25.2. The lowest BCUT2D eigenvalue weighted by atomic mass is 10.1. The van der Waals surface area contributed by atoms with Gasteiger partial charge in [0.2, 0.25) is 5.91 Å². The van der Waals surface area contributed by atoms with E-state index >= 15 is 0 Å². The molecule has 1 aromatic carbocycles. The molecule has 7 heteroatoms. The summed E-state index contributed by atoms with van der Waals surface area (Å²) < 4.78 is 32.1. The zero-order chi connectivity index (χ0) is 18.4. The van der Waals surface area contributed by atoms with Crippen molar-refractivity contribution >= 4 is 11.8 Å². The number of hydrogen-bond donors (Lipinski definition) is 1. The molecule has 0 bridgehead atoms. The molecule has 25 heavy (non-hydrogen) atoms. The van der Waals surface area contributed by atoms with Crippen molar-refractivity contribution in [1.82, 2.24) is 10.2 Å². The molecule has 0 spiro atoms. The highest BCUT2D eigenvalue weighted by Gasteiger charge is 2.20. The first-order valence-electron chi connectivity index (χ1n) is 7.92. The van der Waals surface area contributed by atoms with Gasteiger partial charge in [0.1, 0.15) is 11.6 Å². The van der Waals surface area contributed by atoms with Gasteiger partial charge in [-0.25, -0.2) is 8.78 Å². The number of nitrogens with one attached hydrogen (secondary N) is 1. The van der Waals surface area contributed by atoms with Gasteiger partial charge >= 0.3 is 0 Å². The summed E-state index contributed by atoms with van der Waals surface area (Å²) in [7, 11) is 1.54. The minimum Gasteiger partial charge on any atom is -0.459 e. The van der Waals surface area contributed by atoms with Gasteiger partial charge in [-0.3, -0.25) is 9.59 Å². The Balaban J connectivity index is 1.81. The molecule has 0 saturated heterocycles. The van der Waals surface area contributed by atoms with E-state index in [-0.39, 0.29) is 29.6 Å². The SMILES string of the molecule is CC(c1cc(F)ccc1F)N(C)C(=O)CCCNC(=O)c1ccco1. The summed E-state index contributed by atoms with van der Waals surface area (Å²) in [6.07, 6.45) is 2.00. The van der Waals surface area contributed by atoms with E-state index in [1.54, 1.807) is 26.1 Å². The third-order valence-corrected chi connectivity index (χ3v) is 3.98. The van der Waals surface area contributed by atoms with Crippen LogP contribution in [0.25, 0.3) is 0 Å². The topological polar surface area (TPSA) is 62.6 Å². The van der Waals surface area contributed by atoms with Gasteiger partial charge in [-0.1, -0.05) is 0 Å². The third-order valence-electron chi connectivity index (χ3n) is 3.98. The second kappa shape index (κ2) is 8.41. The van der Waals surface area contributed by atoms with Crippen LogP contribution in [0.5, 0.6) is 0 Å². The van der Waals surface area contributed by atoms with E-state index in [1.165, 1.54) is 11.2 Å². The first kappa shape index (κ1) is 18.6. The van der Waals surface area contributed by atoms with Crippen molar-refractivity contribution in [2.75, 3.05) is 13.6 Å². The van der Waals surface area contributed by atoms with Gasteiger partial charge in [0, 0.05) is 25.6 Å². The normalized spacial score (nSPS) is 11.8. The van der Waals surface area contributed by atoms with Gasteiger partial charge in [-0.15, -0.1) is 0 Å². The molecule has 1 N–H and O–H groups in total. The molecule has 5 nitrogen and oxygen atoms in total. The lowest BCUT2D eigenvalue weighted by Crippen LogP contribution is -2.31. The Hall–Kier alpha value is -2.70. The predicted molar refractivity (Wildman–Crippen MR) is 87.8 cm³/mol. The summed E-state index contributed by atoms with van der Waals surface area (Å²) in [5.74, 6) is -1.47. The first-order valence-corrected chi connectivity index (χ1v) is 7.92. The van der Waals surface area contributed by atoms with Crippen molar-refractivity contribution in [3.8, 4) is 0 Å². The fourth-order valence-electron chi connectivity index (χ4n) is 2.37. The minimum atomic E-state index is -0.596. The van der Waals surface area contributed by atoms with Crippen LogP contribution in [-0.2, 0) is 4.79 Å². The molecule has 0 aliphatic heterocycles. The van der Waals surface area contributed by atoms with Crippen LogP contribution in [0, 0.1) is 11.6 Å². The van der Waals surface area contributed by atoms with Crippen LogP contribution in [0.1, 0.15) is 41.9 Å². The maximum atomic E-state index is 13.8. The summed E-state index contributed by atoms with van der Waals surface area (Å²) in [6, 6.07) is 5.73. The number of hydrogen-bond acceptors (Lipinski definition) is 3. The number of amides is 2. The van der Waals surface area contributed by atoms with Crippen LogP contribution >= 0.6 is 0 Å². The second-order valence-corrected chi connectivity index (χ2v) is 5.68. The van der Waals surface area contributed by atoms with E-state index in [2.05, 4.69) is 5.32 Å². The molecule has 2 amide bonds. The maximum Gasteiger partial charge on any atom is 0.286 e. The molecule has 0 aliphatic rings. The van der Waals surface area contributed by atoms with Gasteiger partial charge in [0.15, 0.2) is 5.76 Å². The monoisotopic (exact) mass is 350 g/mol. The number of nitrogens with zero attached hydrogens (tertiary/aromatic N) is 1. The number of carbonyl (C=O) groups excluding carboxylic acids is 2. The van der Waals surface area contributed by atoms with E-state index < -0.39 is 17.7 Å². The van der Waals surface area contributed by atoms with E-state index in [0.717, 1.165) is 18.2 Å². The largest absolute Gasteiger partial charge is 0.459 e. The van der Waals surface area contributed by atoms with Gasteiger partial charge in [0.25, 0.3) is 5.91 Å². The Kier molecular flexibility index (Phi) is 6.27. The zero-order valence-electron chi connectivity index (χ0n) is 14.1. The van der Waals surface area contributed by atoms with Crippen molar-refractivity contribution in [3.63, 3.8) is 0 Å². The van der Waals surface area contributed by atoms with Crippen molar-refractivity contribution in [2.45, 2.75) is 25.8 Å². The smallest absolute Gasteiger partial charge is 0.286 e.